The summed E-state index contributed by atoms with van der Waals surface area (Å²) in [6.45, 7) is 4.01. The molecule has 0 radical (unpaired) electrons. The fourth-order valence-electron chi connectivity index (χ4n) is 3.18. The third-order valence-corrected chi connectivity index (χ3v) is 4.04. The average molecular weight is 298 g/mol. The standard InChI is InChI=1S/C15H19NO3.ClH/c1-2-18-14(17)13-11-5-3-4-6-12(11)19-15(13)7-9-16-10-8-15;/h3-6,13,16H,2,7-10H2,1H3;1H. The van der Waals surface area contributed by atoms with E-state index in [1.807, 2.05) is 31.2 Å². The van der Waals surface area contributed by atoms with Crippen molar-refractivity contribution in [2.45, 2.75) is 31.3 Å². The summed E-state index contributed by atoms with van der Waals surface area (Å²) >= 11 is 0. The van der Waals surface area contributed by atoms with Crippen molar-refractivity contribution < 1.29 is 14.3 Å². The number of esters is 1. The molecule has 1 fully saturated rings. The molecular weight excluding hydrogens is 278 g/mol. The molecule has 5 heteroatoms. The van der Waals surface area contributed by atoms with E-state index in [4.69, 9.17) is 9.47 Å². The minimum atomic E-state index is -0.415. The topological polar surface area (TPSA) is 47.6 Å². The molecule has 1 N–H and O–H groups in total. The van der Waals surface area contributed by atoms with Gasteiger partial charge in [0.05, 0.1) is 6.61 Å². The molecule has 1 spiro atoms. The fourth-order valence-corrected chi connectivity index (χ4v) is 3.18. The zero-order chi connectivity index (χ0) is 13.3. The van der Waals surface area contributed by atoms with Crippen LogP contribution in [0.15, 0.2) is 24.3 Å². The van der Waals surface area contributed by atoms with Crippen LogP contribution in [0.5, 0.6) is 5.75 Å². The predicted molar refractivity (Wildman–Crippen MR) is 78.5 cm³/mol. The first-order valence-corrected chi connectivity index (χ1v) is 6.92. The smallest absolute Gasteiger partial charge is 0.317 e. The van der Waals surface area contributed by atoms with Crippen LogP contribution in [0.1, 0.15) is 31.2 Å². The highest BCUT2D eigenvalue weighted by atomic mass is 35.5. The van der Waals surface area contributed by atoms with E-state index >= 15 is 0 Å². The summed E-state index contributed by atoms with van der Waals surface area (Å²) < 4.78 is 11.4. The van der Waals surface area contributed by atoms with E-state index in [0.717, 1.165) is 37.2 Å². The molecule has 0 amide bonds. The van der Waals surface area contributed by atoms with Gasteiger partial charge in [-0.25, -0.2) is 0 Å². The van der Waals surface area contributed by atoms with Crippen molar-refractivity contribution >= 4 is 18.4 Å². The number of rotatable bonds is 2. The molecule has 0 aliphatic carbocycles. The maximum Gasteiger partial charge on any atom is 0.317 e. The van der Waals surface area contributed by atoms with Crippen LogP contribution in [0.25, 0.3) is 0 Å². The summed E-state index contributed by atoms with van der Waals surface area (Å²) in [5.74, 6) is 0.391. The maximum atomic E-state index is 12.4. The number of carbonyl (C=O) groups is 1. The molecule has 2 heterocycles. The maximum absolute atomic E-state index is 12.4. The van der Waals surface area contributed by atoms with Gasteiger partial charge >= 0.3 is 5.97 Å². The quantitative estimate of drug-likeness (QED) is 0.851. The van der Waals surface area contributed by atoms with Crippen LogP contribution in [0, 0.1) is 0 Å². The van der Waals surface area contributed by atoms with Gasteiger partial charge in [-0.3, -0.25) is 4.79 Å². The van der Waals surface area contributed by atoms with Crippen molar-refractivity contribution in [3.8, 4) is 5.75 Å². The number of ether oxygens (including phenoxy) is 2. The Kier molecular flexibility index (Phi) is 4.55. The Morgan fingerprint density at radius 1 is 1.40 bits per heavy atom. The molecular formula is C15H20ClNO3. The number of hydrogen-bond donors (Lipinski definition) is 1. The van der Waals surface area contributed by atoms with Crippen LogP contribution in [0.3, 0.4) is 0 Å². The van der Waals surface area contributed by atoms with E-state index in [-0.39, 0.29) is 24.3 Å². The third-order valence-electron chi connectivity index (χ3n) is 4.04. The number of fused-ring (bicyclic) bond motifs is 1. The minimum Gasteiger partial charge on any atom is -0.486 e. The number of benzene rings is 1. The van der Waals surface area contributed by atoms with Crippen molar-refractivity contribution in [1.82, 2.24) is 5.32 Å². The predicted octanol–water partition coefficient (Wildman–Crippen LogP) is 2.27. The molecule has 20 heavy (non-hydrogen) atoms. The summed E-state index contributed by atoms with van der Waals surface area (Å²) in [5.41, 5.74) is 0.559. The van der Waals surface area contributed by atoms with Crippen LogP contribution in [-0.4, -0.2) is 31.3 Å². The van der Waals surface area contributed by atoms with Gasteiger partial charge in [-0.2, -0.15) is 0 Å². The van der Waals surface area contributed by atoms with Crippen molar-refractivity contribution in [2.24, 2.45) is 0 Å². The highest BCUT2D eigenvalue weighted by Gasteiger charge is 2.53. The lowest BCUT2D eigenvalue weighted by Gasteiger charge is -2.37. The first kappa shape index (κ1) is 15.1. The largest absolute Gasteiger partial charge is 0.486 e. The number of halogens is 1. The zero-order valence-electron chi connectivity index (χ0n) is 11.6. The molecule has 2 aliphatic heterocycles. The Bertz CT molecular complexity index is 486. The molecule has 3 rings (SSSR count). The molecule has 0 aromatic heterocycles. The summed E-state index contributed by atoms with van der Waals surface area (Å²) in [6.07, 6.45) is 1.68. The highest BCUT2D eigenvalue weighted by molar-refractivity contribution is 5.85. The summed E-state index contributed by atoms with van der Waals surface area (Å²) in [5, 5.41) is 3.32. The van der Waals surface area contributed by atoms with E-state index in [2.05, 4.69) is 5.32 Å². The SMILES string of the molecule is CCOC(=O)C1c2ccccc2OC12CCNCC2.Cl. The molecule has 2 aliphatic rings. The summed E-state index contributed by atoms with van der Waals surface area (Å²) in [7, 11) is 0. The van der Waals surface area contributed by atoms with Crippen LogP contribution in [-0.2, 0) is 9.53 Å². The number of para-hydroxylation sites is 1. The average Bonchev–Trinajstić information content (AvgIpc) is 2.73. The van der Waals surface area contributed by atoms with Gasteiger partial charge in [0.1, 0.15) is 17.3 Å². The molecule has 0 bridgehead atoms. The zero-order valence-corrected chi connectivity index (χ0v) is 12.4. The van der Waals surface area contributed by atoms with Crippen LogP contribution in [0.2, 0.25) is 0 Å². The number of piperidine rings is 1. The Balaban J connectivity index is 0.00000147. The lowest BCUT2D eigenvalue weighted by atomic mass is 9.78. The van der Waals surface area contributed by atoms with Gasteiger partial charge in [0, 0.05) is 18.4 Å². The van der Waals surface area contributed by atoms with E-state index in [1.165, 1.54) is 0 Å². The Morgan fingerprint density at radius 2 is 2.10 bits per heavy atom. The molecule has 0 saturated carbocycles. The Labute approximate surface area is 125 Å². The van der Waals surface area contributed by atoms with Crippen molar-refractivity contribution in [3.05, 3.63) is 29.8 Å². The van der Waals surface area contributed by atoms with Gasteiger partial charge < -0.3 is 14.8 Å². The van der Waals surface area contributed by atoms with E-state index in [0.29, 0.717) is 6.61 Å². The third kappa shape index (κ3) is 2.38. The molecule has 1 saturated heterocycles. The van der Waals surface area contributed by atoms with E-state index in [1.54, 1.807) is 0 Å². The van der Waals surface area contributed by atoms with Crippen LogP contribution in [0.4, 0.5) is 0 Å². The second-order valence-corrected chi connectivity index (χ2v) is 5.14. The lowest BCUT2D eigenvalue weighted by molar-refractivity contribution is -0.150. The number of carbonyl (C=O) groups excluding carboxylic acids is 1. The molecule has 4 nitrogen and oxygen atoms in total. The molecule has 1 aromatic carbocycles. The van der Waals surface area contributed by atoms with Crippen LogP contribution < -0.4 is 10.1 Å². The Hall–Kier alpha value is -1.26. The summed E-state index contributed by atoms with van der Waals surface area (Å²) in [6, 6.07) is 7.82. The molecule has 1 atom stereocenters. The van der Waals surface area contributed by atoms with Crippen molar-refractivity contribution in [2.75, 3.05) is 19.7 Å². The van der Waals surface area contributed by atoms with E-state index in [9.17, 15) is 4.79 Å². The van der Waals surface area contributed by atoms with Gasteiger partial charge in [0.2, 0.25) is 0 Å². The van der Waals surface area contributed by atoms with Crippen LogP contribution >= 0.6 is 12.4 Å². The molecule has 110 valence electrons. The second kappa shape index (κ2) is 6.02. The van der Waals surface area contributed by atoms with Crippen molar-refractivity contribution in [1.29, 1.82) is 0 Å². The Morgan fingerprint density at radius 3 is 2.80 bits per heavy atom. The van der Waals surface area contributed by atoms with Gasteiger partial charge in [0.25, 0.3) is 0 Å². The highest BCUT2D eigenvalue weighted by Crippen LogP contribution is 2.49. The van der Waals surface area contributed by atoms with Gasteiger partial charge in [-0.1, -0.05) is 18.2 Å². The molecule has 1 aromatic rings. The van der Waals surface area contributed by atoms with Gasteiger partial charge in [-0.05, 0) is 26.1 Å². The monoisotopic (exact) mass is 297 g/mol. The molecule has 1 unspecified atom stereocenters. The first-order valence-electron chi connectivity index (χ1n) is 6.92. The van der Waals surface area contributed by atoms with E-state index < -0.39 is 5.60 Å². The normalized spacial score (nSPS) is 22.6. The lowest BCUT2D eigenvalue weighted by Crippen LogP contribution is -2.50. The summed E-state index contributed by atoms with van der Waals surface area (Å²) in [4.78, 5) is 12.4. The second-order valence-electron chi connectivity index (χ2n) is 5.14. The van der Waals surface area contributed by atoms with Crippen molar-refractivity contribution in [3.63, 3.8) is 0 Å². The number of nitrogens with one attached hydrogen (secondary N) is 1. The number of hydrogen-bond acceptors (Lipinski definition) is 4. The van der Waals surface area contributed by atoms with Gasteiger partial charge in [-0.15, -0.1) is 12.4 Å². The minimum absolute atomic E-state index is 0. The fraction of sp³-hybridized carbons (Fsp3) is 0.533. The van der Waals surface area contributed by atoms with Gasteiger partial charge in [0.15, 0.2) is 0 Å². The first-order chi connectivity index (χ1) is 9.27.